The van der Waals surface area contributed by atoms with Crippen molar-refractivity contribution in [2.45, 2.75) is 51.4 Å². The number of aliphatic hydroxyl groups excluding tert-OH is 1. The molecule has 3 aromatic rings. The Bertz CT molecular complexity index is 1070. The van der Waals surface area contributed by atoms with E-state index >= 15 is 0 Å². The van der Waals surface area contributed by atoms with Gasteiger partial charge >= 0.3 is 5.97 Å². The molecule has 0 aliphatic rings. The summed E-state index contributed by atoms with van der Waals surface area (Å²) in [5.74, 6) is 0.806. The maximum absolute atomic E-state index is 12.5. The molecule has 182 valence electrons. The van der Waals surface area contributed by atoms with E-state index in [-0.39, 0.29) is 0 Å². The Labute approximate surface area is 208 Å². The Morgan fingerprint density at radius 3 is 1.77 bits per heavy atom. The largest absolute Gasteiger partial charge is 0.494 e. The van der Waals surface area contributed by atoms with Gasteiger partial charge in [0.25, 0.3) is 0 Å². The van der Waals surface area contributed by atoms with Crippen molar-refractivity contribution in [3.05, 3.63) is 83.9 Å². The highest BCUT2D eigenvalue weighted by atomic mass is 16.5. The summed E-state index contributed by atoms with van der Waals surface area (Å²) in [5, 5.41) is 17.7. The molecule has 0 aromatic heterocycles. The van der Waals surface area contributed by atoms with Gasteiger partial charge in [0, 0.05) is 6.61 Å². The first kappa shape index (κ1) is 26.0. The van der Waals surface area contributed by atoms with Crippen LogP contribution in [0.5, 0.6) is 11.5 Å². The Kier molecular flexibility index (Phi) is 10.8. The van der Waals surface area contributed by atoms with Crippen LogP contribution in [-0.4, -0.2) is 24.3 Å². The van der Waals surface area contributed by atoms with Crippen LogP contribution < -0.4 is 9.47 Å². The van der Waals surface area contributed by atoms with E-state index in [0.29, 0.717) is 30.1 Å². The fraction of sp³-hybridized carbons (Fsp3) is 0.333. The Morgan fingerprint density at radius 2 is 1.20 bits per heavy atom. The molecule has 0 radical (unpaired) electrons. The van der Waals surface area contributed by atoms with Crippen molar-refractivity contribution in [2.75, 3.05) is 13.2 Å². The molecule has 0 aliphatic carbocycles. The van der Waals surface area contributed by atoms with Crippen LogP contribution in [0.4, 0.5) is 0 Å². The normalized spacial score (nSPS) is 10.5. The number of hydrogen-bond donors (Lipinski definition) is 1. The van der Waals surface area contributed by atoms with Gasteiger partial charge in [-0.3, -0.25) is 0 Å². The summed E-state index contributed by atoms with van der Waals surface area (Å²) in [5.41, 5.74) is 3.06. The Hall–Kier alpha value is -3.62. The summed E-state index contributed by atoms with van der Waals surface area (Å²) in [7, 11) is 0. The lowest BCUT2D eigenvalue weighted by Crippen LogP contribution is -2.08. The highest BCUT2D eigenvalue weighted by Gasteiger charge is 2.09. The number of esters is 1. The van der Waals surface area contributed by atoms with Gasteiger partial charge in [-0.1, -0.05) is 62.8 Å². The second-order valence-electron chi connectivity index (χ2n) is 8.53. The molecule has 35 heavy (non-hydrogen) atoms. The predicted molar refractivity (Wildman–Crippen MR) is 138 cm³/mol. The lowest BCUT2D eigenvalue weighted by Gasteiger charge is -2.08. The number of benzene rings is 3. The van der Waals surface area contributed by atoms with Crippen molar-refractivity contribution in [2.24, 2.45) is 0 Å². The van der Waals surface area contributed by atoms with Gasteiger partial charge in [0.15, 0.2) is 0 Å². The minimum atomic E-state index is -0.415. The van der Waals surface area contributed by atoms with Crippen molar-refractivity contribution in [1.29, 1.82) is 5.26 Å². The monoisotopic (exact) mass is 471 g/mol. The molecule has 0 aliphatic heterocycles. The summed E-state index contributed by atoms with van der Waals surface area (Å²) >= 11 is 0. The van der Waals surface area contributed by atoms with E-state index < -0.39 is 5.97 Å². The number of hydrogen-bond acceptors (Lipinski definition) is 5. The smallest absolute Gasteiger partial charge is 0.343 e. The van der Waals surface area contributed by atoms with Crippen molar-refractivity contribution >= 4 is 5.97 Å². The average Bonchev–Trinajstić information content (AvgIpc) is 2.90. The van der Waals surface area contributed by atoms with Crippen LogP contribution in [0, 0.1) is 11.3 Å². The first-order valence-electron chi connectivity index (χ1n) is 12.4. The van der Waals surface area contributed by atoms with Gasteiger partial charge in [-0.2, -0.15) is 5.26 Å². The molecule has 0 bridgehead atoms. The summed E-state index contributed by atoms with van der Waals surface area (Å²) in [6.45, 7) is 0.967. The van der Waals surface area contributed by atoms with Crippen LogP contribution in [-0.2, 0) is 0 Å². The molecule has 5 heteroatoms. The number of rotatable bonds is 14. The van der Waals surface area contributed by atoms with Gasteiger partial charge in [-0.15, -0.1) is 0 Å². The molecule has 0 unspecified atom stereocenters. The maximum Gasteiger partial charge on any atom is 0.343 e. The minimum absolute atomic E-state index is 0.301. The van der Waals surface area contributed by atoms with E-state index in [0.717, 1.165) is 42.6 Å². The lowest BCUT2D eigenvalue weighted by molar-refractivity contribution is 0.0734. The van der Waals surface area contributed by atoms with Crippen molar-refractivity contribution in [3.63, 3.8) is 0 Å². The van der Waals surface area contributed by atoms with Crippen molar-refractivity contribution < 1.29 is 19.4 Å². The predicted octanol–water partition coefficient (Wildman–Crippen LogP) is 6.94. The van der Waals surface area contributed by atoms with Crippen LogP contribution in [0.25, 0.3) is 11.1 Å². The number of carbonyl (C=O) groups excluding carboxylic acids is 1. The second kappa shape index (κ2) is 14.6. The highest BCUT2D eigenvalue weighted by molar-refractivity contribution is 5.91. The summed E-state index contributed by atoms with van der Waals surface area (Å²) in [6, 6.07) is 23.8. The third-order valence-electron chi connectivity index (χ3n) is 5.82. The third kappa shape index (κ3) is 8.92. The van der Waals surface area contributed by atoms with E-state index in [2.05, 4.69) is 6.07 Å². The Morgan fingerprint density at radius 1 is 0.686 bits per heavy atom. The highest BCUT2D eigenvalue weighted by Crippen LogP contribution is 2.23. The van der Waals surface area contributed by atoms with E-state index in [1.807, 2.05) is 24.3 Å². The first-order valence-corrected chi connectivity index (χ1v) is 12.4. The van der Waals surface area contributed by atoms with Crippen LogP contribution in [0.15, 0.2) is 72.8 Å². The molecule has 0 amide bonds. The molecular formula is C30H33NO4. The van der Waals surface area contributed by atoms with E-state index in [1.165, 1.54) is 25.7 Å². The third-order valence-corrected chi connectivity index (χ3v) is 5.82. The first-order chi connectivity index (χ1) is 17.2. The standard InChI is InChI=1S/C30H33NO4/c31-23-24-9-11-25(12-10-24)26-13-19-29(20-14-26)35-30(33)27-15-17-28(18-16-27)34-22-8-6-4-2-1-3-5-7-21-32/h9-20,32H,1-8,21-22H2. The molecule has 5 nitrogen and oxygen atoms in total. The molecule has 0 saturated carbocycles. The number of ether oxygens (including phenoxy) is 2. The number of carbonyl (C=O) groups is 1. The zero-order chi connectivity index (χ0) is 24.7. The quantitative estimate of drug-likeness (QED) is 0.157. The molecule has 1 N–H and O–H groups in total. The second-order valence-corrected chi connectivity index (χ2v) is 8.53. The zero-order valence-electron chi connectivity index (χ0n) is 20.1. The summed E-state index contributed by atoms with van der Waals surface area (Å²) in [4.78, 5) is 12.5. The SMILES string of the molecule is N#Cc1ccc(-c2ccc(OC(=O)c3ccc(OCCCCCCCCCCO)cc3)cc2)cc1. The molecule has 0 heterocycles. The Balaban J connectivity index is 1.37. The number of unbranched alkanes of at least 4 members (excludes halogenated alkanes) is 7. The van der Waals surface area contributed by atoms with Crippen molar-refractivity contribution in [3.8, 4) is 28.7 Å². The van der Waals surface area contributed by atoms with Gasteiger partial charge < -0.3 is 14.6 Å². The van der Waals surface area contributed by atoms with Crippen LogP contribution in [0.1, 0.15) is 67.3 Å². The van der Waals surface area contributed by atoms with Gasteiger partial charge in [-0.25, -0.2) is 4.79 Å². The molecule has 0 fully saturated rings. The summed E-state index contributed by atoms with van der Waals surface area (Å²) < 4.78 is 11.3. The van der Waals surface area contributed by atoms with Gasteiger partial charge in [0.1, 0.15) is 11.5 Å². The zero-order valence-corrected chi connectivity index (χ0v) is 20.1. The molecular weight excluding hydrogens is 438 g/mol. The van der Waals surface area contributed by atoms with Crippen molar-refractivity contribution in [1.82, 2.24) is 0 Å². The van der Waals surface area contributed by atoms with E-state index in [9.17, 15) is 4.79 Å². The van der Waals surface area contributed by atoms with Crippen LogP contribution >= 0.6 is 0 Å². The lowest BCUT2D eigenvalue weighted by atomic mass is 10.0. The number of nitrogens with zero attached hydrogens (tertiary/aromatic N) is 1. The number of nitriles is 1. The average molecular weight is 472 g/mol. The molecule has 3 aromatic carbocycles. The molecule has 0 spiro atoms. The molecule has 0 atom stereocenters. The van der Waals surface area contributed by atoms with Crippen LogP contribution in [0.3, 0.4) is 0 Å². The fourth-order valence-electron chi connectivity index (χ4n) is 3.77. The van der Waals surface area contributed by atoms with E-state index in [4.69, 9.17) is 19.8 Å². The minimum Gasteiger partial charge on any atom is -0.494 e. The number of aliphatic hydroxyl groups is 1. The fourth-order valence-corrected chi connectivity index (χ4v) is 3.77. The van der Waals surface area contributed by atoms with Gasteiger partial charge in [0.05, 0.1) is 23.8 Å². The van der Waals surface area contributed by atoms with E-state index in [1.54, 1.807) is 48.5 Å². The van der Waals surface area contributed by atoms with Crippen LogP contribution in [0.2, 0.25) is 0 Å². The molecule has 3 rings (SSSR count). The molecule has 0 saturated heterocycles. The summed E-state index contributed by atoms with van der Waals surface area (Å²) in [6.07, 6.45) is 9.08. The topological polar surface area (TPSA) is 79.5 Å². The maximum atomic E-state index is 12.5. The van der Waals surface area contributed by atoms with Gasteiger partial charge in [0.2, 0.25) is 0 Å². The van der Waals surface area contributed by atoms with Gasteiger partial charge in [-0.05, 0) is 72.5 Å².